The van der Waals surface area contributed by atoms with Crippen molar-refractivity contribution in [3.05, 3.63) is 24.3 Å². The summed E-state index contributed by atoms with van der Waals surface area (Å²) < 4.78 is 27.5. The number of methoxy groups -OCH3 is 1. The molecule has 1 rings (SSSR count). The highest BCUT2D eigenvalue weighted by atomic mass is 32.2. The molecule has 0 heterocycles. The smallest absolute Gasteiger partial charge is 0.238 e. The monoisotopic (exact) mass is 300 g/mol. The molecular formula is C13H20N2O4S. The van der Waals surface area contributed by atoms with Gasteiger partial charge in [0, 0.05) is 19.8 Å². The van der Waals surface area contributed by atoms with Crippen LogP contribution in [0.4, 0.5) is 5.69 Å². The number of ether oxygens (including phenoxy) is 1. The number of hydrogen-bond donors (Lipinski definition) is 1. The van der Waals surface area contributed by atoms with E-state index in [1.807, 2.05) is 13.8 Å². The maximum absolute atomic E-state index is 12.1. The van der Waals surface area contributed by atoms with E-state index in [0.29, 0.717) is 5.69 Å². The minimum atomic E-state index is -3.72. The summed E-state index contributed by atoms with van der Waals surface area (Å²) in [5, 5.41) is 5.02. The maximum Gasteiger partial charge on any atom is 0.238 e. The fourth-order valence-corrected chi connectivity index (χ4v) is 2.07. The normalized spacial score (nSPS) is 12.2. The number of primary sulfonamides is 1. The summed E-state index contributed by atoms with van der Waals surface area (Å²) in [7, 11) is -0.547. The largest absolute Gasteiger partial charge is 0.378 e. The zero-order chi connectivity index (χ0) is 15.6. The number of carbonyl (C=O) groups is 1. The van der Waals surface area contributed by atoms with Crippen LogP contribution in [0.1, 0.15) is 20.3 Å². The SMILES string of the molecule is COC(C)(C)CC(=O)N(C)c1ccc(S(N)(=O)=O)cc1. The lowest BCUT2D eigenvalue weighted by atomic mass is 10.0. The minimum Gasteiger partial charge on any atom is -0.378 e. The number of amides is 1. The third-order valence-electron chi connectivity index (χ3n) is 3.06. The van der Waals surface area contributed by atoms with Crippen molar-refractivity contribution < 1.29 is 17.9 Å². The molecule has 1 aromatic carbocycles. The Labute approximate surface area is 119 Å². The highest BCUT2D eigenvalue weighted by Gasteiger charge is 2.24. The molecule has 7 heteroatoms. The van der Waals surface area contributed by atoms with Crippen molar-refractivity contribution >= 4 is 21.6 Å². The highest BCUT2D eigenvalue weighted by Crippen LogP contribution is 2.20. The molecule has 1 aromatic rings. The van der Waals surface area contributed by atoms with Gasteiger partial charge < -0.3 is 9.64 Å². The molecule has 2 N–H and O–H groups in total. The number of anilines is 1. The number of carbonyl (C=O) groups excluding carboxylic acids is 1. The lowest BCUT2D eigenvalue weighted by Gasteiger charge is -2.25. The van der Waals surface area contributed by atoms with Crippen LogP contribution in [0, 0.1) is 0 Å². The maximum atomic E-state index is 12.1. The minimum absolute atomic E-state index is 0.0133. The zero-order valence-electron chi connectivity index (χ0n) is 12.1. The Hall–Kier alpha value is -1.44. The summed E-state index contributed by atoms with van der Waals surface area (Å²) in [4.78, 5) is 13.6. The number of nitrogens with two attached hydrogens (primary N) is 1. The number of sulfonamides is 1. The summed E-state index contributed by atoms with van der Waals surface area (Å²) >= 11 is 0. The summed E-state index contributed by atoms with van der Waals surface area (Å²) in [6.07, 6.45) is 0.219. The molecule has 20 heavy (non-hydrogen) atoms. The van der Waals surface area contributed by atoms with Gasteiger partial charge in [0.25, 0.3) is 0 Å². The number of rotatable bonds is 5. The molecule has 0 fully saturated rings. The van der Waals surface area contributed by atoms with Gasteiger partial charge in [0.2, 0.25) is 15.9 Å². The Morgan fingerprint density at radius 3 is 2.20 bits per heavy atom. The molecular weight excluding hydrogens is 280 g/mol. The molecule has 1 amide bonds. The molecule has 0 radical (unpaired) electrons. The second-order valence-electron chi connectivity index (χ2n) is 5.13. The topological polar surface area (TPSA) is 89.7 Å². The molecule has 0 unspecified atom stereocenters. The van der Waals surface area contributed by atoms with Crippen molar-refractivity contribution in [2.24, 2.45) is 5.14 Å². The van der Waals surface area contributed by atoms with E-state index in [9.17, 15) is 13.2 Å². The third kappa shape index (κ3) is 4.29. The summed E-state index contributed by atoms with van der Waals surface area (Å²) in [6.45, 7) is 3.64. The fourth-order valence-electron chi connectivity index (χ4n) is 1.56. The van der Waals surface area contributed by atoms with Crippen molar-refractivity contribution in [2.45, 2.75) is 30.8 Å². The van der Waals surface area contributed by atoms with Gasteiger partial charge in [0.05, 0.1) is 16.9 Å². The lowest BCUT2D eigenvalue weighted by Crippen LogP contribution is -2.35. The van der Waals surface area contributed by atoms with E-state index in [-0.39, 0.29) is 17.2 Å². The quantitative estimate of drug-likeness (QED) is 0.882. The first-order chi connectivity index (χ1) is 9.07. The molecule has 0 aliphatic carbocycles. The first kappa shape index (κ1) is 16.6. The summed E-state index contributed by atoms with van der Waals surface area (Å²) in [5.74, 6) is -0.125. The number of benzene rings is 1. The average molecular weight is 300 g/mol. The fraction of sp³-hybridized carbons (Fsp3) is 0.462. The Morgan fingerprint density at radius 2 is 1.80 bits per heavy atom. The molecule has 0 saturated carbocycles. The van der Waals surface area contributed by atoms with Crippen LogP contribution in [0.15, 0.2) is 29.2 Å². The van der Waals surface area contributed by atoms with Gasteiger partial charge in [0.15, 0.2) is 0 Å². The van der Waals surface area contributed by atoms with Gasteiger partial charge in [-0.3, -0.25) is 4.79 Å². The van der Waals surface area contributed by atoms with Crippen LogP contribution < -0.4 is 10.0 Å². The van der Waals surface area contributed by atoms with Crippen molar-refractivity contribution in [1.29, 1.82) is 0 Å². The Kier molecular flexibility index (Phi) is 4.90. The van der Waals surface area contributed by atoms with Crippen molar-refractivity contribution in [3.63, 3.8) is 0 Å². The van der Waals surface area contributed by atoms with Gasteiger partial charge in [-0.15, -0.1) is 0 Å². The lowest BCUT2D eigenvalue weighted by molar-refractivity contribution is -0.123. The van der Waals surface area contributed by atoms with Crippen LogP contribution in [0.2, 0.25) is 0 Å². The molecule has 0 spiro atoms. The predicted molar refractivity (Wildman–Crippen MR) is 76.9 cm³/mol. The van der Waals surface area contributed by atoms with E-state index < -0.39 is 15.6 Å². The van der Waals surface area contributed by atoms with E-state index in [2.05, 4.69) is 0 Å². The van der Waals surface area contributed by atoms with Gasteiger partial charge in [0.1, 0.15) is 0 Å². The zero-order valence-corrected chi connectivity index (χ0v) is 12.9. The second kappa shape index (κ2) is 5.90. The van der Waals surface area contributed by atoms with Crippen LogP contribution in [0.25, 0.3) is 0 Å². The van der Waals surface area contributed by atoms with E-state index in [1.54, 1.807) is 14.2 Å². The van der Waals surface area contributed by atoms with E-state index in [0.717, 1.165) is 0 Å². The van der Waals surface area contributed by atoms with Crippen LogP contribution in [0.3, 0.4) is 0 Å². The van der Waals surface area contributed by atoms with Gasteiger partial charge in [-0.2, -0.15) is 0 Å². The van der Waals surface area contributed by atoms with Crippen LogP contribution in [-0.2, 0) is 19.6 Å². The molecule has 6 nitrogen and oxygen atoms in total. The molecule has 0 aromatic heterocycles. The second-order valence-corrected chi connectivity index (χ2v) is 6.69. The molecule has 0 bridgehead atoms. The Bertz CT molecular complexity index is 579. The van der Waals surface area contributed by atoms with Gasteiger partial charge >= 0.3 is 0 Å². The third-order valence-corrected chi connectivity index (χ3v) is 3.99. The van der Waals surface area contributed by atoms with Gasteiger partial charge in [-0.05, 0) is 38.1 Å². The Morgan fingerprint density at radius 1 is 1.30 bits per heavy atom. The molecule has 0 aliphatic rings. The van der Waals surface area contributed by atoms with Crippen LogP contribution >= 0.6 is 0 Å². The first-order valence-corrected chi connectivity index (χ1v) is 7.56. The van der Waals surface area contributed by atoms with Crippen molar-refractivity contribution in [1.82, 2.24) is 0 Å². The summed E-state index contributed by atoms with van der Waals surface area (Å²) in [5.41, 5.74) is 0.0422. The molecule has 0 aliphatic heterocycles. The summed E-state index contributed by atoms with van der Waals surface area (Å²) in [6, 6.07) is 5.82. The van der Waals surface area contributed by atoms with Crippen molar-refractivity contribution in [3.8, 4) is 0 Å². The number of hydrogen-bond acceptors (Lipinski definition) is 4. The number of nitrogens with zero attached hydrogens (tertiary/aromatic N) is 1. The van der Waals surface area contributed by atoms with E-state index >= 15 is 0 Å². The van der Waals surface area contributed by atoms with E-state index in [4.69, 9.17) is 9.88 Å². The standard InChI is InChI=1S/C13H20N2O4S/c1-13(2,19-4)9-12(16)15(3)10-5-7-11(8-6-10)20(14,17)18/h5-8H,9H2,1-4H3,(H2,14,17,18). The van der Waals surface area contributed by atoms with Crippen LogP contribution in [0.5, 0.6) is 0 Å². The van der Waals surface area contributed by atoms with Crippen molar-refractivity contribution in [2.75, 3.05) is 19.1 Å². The molecule has 0 saturated heterocycles. The Balaban J connectivity index is 2.88. The van der Waals surface area contributed by atoms with Crippen LogP contribution in [-0.4, -0.2) is 34.1 Å². The van der Waals surface area contributed by atoms with Gasteiger partial charge in [-0.25, -0.2) is 13.6 Å². The van der Waals surface area contributed by atoms with Gasteiger partial charge in [-0.1, -0.05) is 0 Å². The molecule has 112 valence electrons. The average Bonchev–Trinajstić information content (AvgIpc) is 2.36. The predicted octanol–water partition coefficient (Wildman–Crippen LogP) is 1.11. The van der Waals surface area contributed by atoms with E-state index in [1.165, 1.54) is 29.2 Å². The molecule has 0 atom stereocenters. The highest BCUT2D eigenvalue weighted by molar-refractivity contribution is 7.89. The first-order valence-electron chi connectivity index (χ1n) is 6.01.